The van der Waals surface area contributed by atoms with Gasteiger partial charge in [0, 0.05) is 32.2 Å². The van der Waals surface area contributed by atoms with Crippen LogP contribution in [-0.4, -0.2) is 61.5 Å². The van der Waals surface area contributed by atoms with Gasteiger partial charge in [0.05, 0.1) is 0 Å². The van der Waals surface area contributed by atoms with Gasteiger partial charge in [-0.3, -0.25) is 4.79 Å². The van der Waals surface area contributed by atoms with E-state index in [9.17, 15) is 4.79 Å². The lowest BCUT2D eigenvalue weighted by Crippen LogP contribution is -2.33. The number of rotatable bonds is 6. The number of amides is 1. The van der Waals surface area contributed by atoms with Gasteiger partial charge < -0.3 is 15.1 Å². The molecular weight excluding hydrogens is 264 g/mol. The van der Waals surface area contributed by atoms with Crippen molar-refractivity contribution in [3.8, 4) is 0 Å². The number of nitrogens with one attached hydrogen (secondary N) is 1. The highest BCUT2D eigenvalue weighted by Crippen LogP contribution is 2.15. The lowest BCUT2D eigenvalue weighted by molar-refractivity contribution is 0.0786. The van der Waals surface area contributed by atoms with Gasteiger partial charge in [-0.25, -0.2) is 4.98 Å². The van der Waals surface area contributed by atoms with E-state index in [1.807, 2.05) is 25.9 Å². The van der Waals surface area contributed by atoms with Crippen molar-refractivity contribution < 1.29 is 4.79 Å². The van der Waals surface area contributed by atoms with Gasteiger partial charge in [0.1, 0.15) is 11.0 Å². The first kappa shape index (κ1) is 15.7. The third-order valence-electron chi connectivity index (χ3n) is 2.63. The topological polar surface area (TPSA) is 48.5 Å². The summed E-state index contributed by atoms with van der Waals surface area (Å²) in [5.41, 5.74) is 0.553. The molecule has 0 atom stereocenters. The minimum atomic E-state index is -0.0506. The number of carbonyl (C=O) groups is 1. The summed E-state index contributed by atoms with van der Waals surface area (Å²) in [6.45, 7) is 4.19. The zero-order chi connectivity index (χ0) is 14.4. The van der Waals surface area contributed by atoms with Gasteiger partial charge in [-0.1, -0.05) is 11.6 Å². The Morgan fingerprint density at radius 1 is 1.32 bits per heavy atom. The van der Waals surface area contributed by atoms with Gasteiger partial charge in [-0.05, 0) is 33.2 Å². The Morgan fingerprint density at radius 2 is 2.00 bits per heavy atom. The van der Waals surface area contributed by atoms with E-state index in [-0.39, 0.29) is 5.91 Å². The van der Waals surface area contributed by atoms with Crippen LogP contribution in [0.1, 0.15) is 17.3 Å². The van der Waals surface area contributed by atoms with Gasteiger partial charge in [-0.2, -0.15) is 0 Å². The van der Waals surface area contributed by atoms with E-state index in [1.54, 1.807) is 24.1 Å². The molecule has 0 aliphatic heterocycles. The molecule has 0 aliphatic rings. The number of hydrogen-bond acceptors (Lipinski definition) is 4. The van der Waals surface area contributed by atoms with E-state index in [0.29, 0.717) is 23.1 Å². The molecule has 1 amide bonds. The van der Waals surface area contributed by atoms with Crippen molar-refractivity contribution in [1.82, 2.24) is 14.8 Å². The van der Waals surface area contributed by atoms with Crippen molar-refractivity contribution in [2.75, 3.05) is 46.1 Å². The molecule has 0 aliphatic carbocycles. The largest absolute Gasteiger partial charge is 0.370 e. The molecule has 0 spiro atoms. The highest BCUT2D eigenvalue weighted by molar-refractivity contribution is 6.29. The predicted molar refractivity (Wildman–Crippen MR) is 78.9 cm³/mol. The molecule has 0 unspecified atom stereocenters. The number of nitrogens with zero attached hydrogens (tertiary/aromatic N) is 3. The number of aromatic nitrogens is 1. The Kier molecular flexibility index (Phi) is 6.05. The summed E-state index contributed by atoms with van der Waals surface area (Å²) < 4.78 is 0. The van der Waals surface area contributed by atoms with Gasteiger partial charge in [0.25, 0.3) is 5.91 Å². The molecule has 6 heteroatoms. The summed E-state index contributed by atoms with van der Waals surface area (Å²) in [7, 11) is 5.74. The highest BCUT2D eigenvalue weighted by Gasteiger charge is 2.13. The first-order valence-electron chi connectivity index (χ1n) is 6.25. The van der Waals surface area contributed by atoms with Crippen molar-refractivity contribution >= 4 is 23.3 Å². The minimum absolute atomic E-state index is 0.0506. The van der Waals surface area contributed by atoms with Crippen LogP contribution in [0.4, 0.5) is 5.82 Å². The zero-order valence-electron chi connectivity index (χ0n) is 11.9. The highest BCUT2D eigenvalue weighted by atomic mass is 35.5. The van der Waals surface area contributed by atoms with Crippen LogP contribution in [0.2, 0.25) is 5.15 Å². The Hall–Kier alpha value is -1.33. The SMILES string of the molecule is CCNc1cc(C(=O)N(C)CCN(C)C)cc(Cl)n1. The molecule has 1 aromatic rings. The van der Waals surface area contributed by atoms with Crippen LogP contribution in [0.25, 0.3) is 0 Å². The number of halogens is 1. The van der Waals surface area contributed by atoms with E-state index in [0.717, 1.165) is 13.1 Å². The van der Waals surface area contributed by atoms with Crippen molar-refractivity contribution in [3.05, 3.63) is 22.8 Å². The number of carbonyl (C=O) groups excluding carboxylic acids is 1. The van der Waals surface area contributed by atoms with Crippen molar-refractivity contribution in [1.29, 1.82) is 0 Å². The summed E-state index contributed by atoms with van der Waals surface area (Å²) in [6, 6.07) is 3.32. The van der Waals surface area contributed by atoms with Crippen molar-refractivity contribution in [3.63, 3.8) is 0 Å². The van der Waals surface area contributed by atoms with Gasteiger partial charge in [-0.15, -0.1) is 0 Å². The zero-order valence-corrected chi connectivity index (χ0v) is 12.7. The summed E-state index contributed by atoms with van der Waals surface area (Å²) in [6.07, 6.45) is 0. The van der Waals surface area contributed by atoms with E-state index < -0.39 is 0 Å². The molecule has 0 radical (unpaired) electrons. The molecule has 1 rings (SSSR count). The number of likely N-dealkylation sites (N-methyl/N-ethyl adjacent to an activating group) is 2. The fourth-order valence-corrected chi connectivity index (χ4v) is 1.77. The number of anilines is 1. The summed E-state index contributed by atoms with van der Waals surface area (Å²) in [5.74, 6) is 0.574. The third kappa shape index (κ3) is 5.04. The van der Waals surface area contributed by atoms with Gasteiger partial charge in [0.15, 0.2) is 0 Å². The lowest BCUT2D eigenvalue weighted by Gasteiger charge is -2.20. The quantitative estimate of drug-likeness (QED) is 0.810. The summed E-state index contributed by atoms with van der Waals surface area (Å²) >= 11 is 5.93. The fourth-order valence-electron chi connectivity index (χ4n) is 1.56. The molecule has 0 saturated carbocycles. The molecule has 1 N–H and O–H groups in total. The Balaban J connectivity index is 2.80. The van der Waals surface area contributed by atoms with E-state index in [2.05, 4.69) is 10.3 Å². The average molecular weight is 285 g/mol. The van der Waals surface area contributed by atoms with Crippen LogP contribution in [0.5, 0.6) is 0 Å². The van der Waals surface area contributed by atoms with E-state index in [1.165, 1.54) is 0 Å². The molecule has 0 bridgehead atoms. The van der Waals surface area contributed by atoms with Gasteiger partial charge in [0.2, 0.25) is 0 Å². The summed E-state index contributed by atoms with van der Waals surface area (Å²) in [4.78, 5) is 20.1. The maximum atomic E-state index is 12.3. The monoisotopic (exact) mass is 284 g/mol. The normalized spacial score (nSPS) is 10.6. The second-order valence-electron chi connectivity index (χ2n) is 4.62. The van der Waals surface area contributed by atoms with Crippen LogP contribution in [0, 0.1) is 0 Å². The third-order valence-corrected chi connectivity index (χ3v) is 2.82. The fraction of sp³-hybridized carbons (Fsp3) is 0.538. The predicted octanol–water partition coefficient (Wildman–Crippen LogP) is 1.80. The van der Waals surface area contributed by atoms with Crippen LogP contribution in [0.15, 0.2) is 12.1 Å². The standard InChI is InChI=1S/C13H21ClN4O/c1-5-15-12-9-10(8-11(14)16-12)13(19)18(4)7-6-17(2)3/h8-9H,5-7H2,1-4H3,(H,15,16). The molecule has 106 valence electrons. The summed E-state index contributed by atoms with van der Waals surface area (Å²) in [5, 5.41) is 3.38. The number of pyridine rings is 1. The Labute approximate surface area is 119 Å². The molecule has 1 aromatic heterocycles. The first-order valence-corrected chi connectivity index (χ1v) is 6.63. The lowest BCUT2D eigenvalue weighted by atomic mass is 10.2. The molecule has 1 heterocycles. The van der Waals surface area contributed by atoms with Crippen LogP contribution < -0.4 is 5.32 Å². The van der Waals surface area contributed by atoms with Crippen LogP contribution >= 0.6 is 11.6 Å². The number of hydrogen-bond donors (Lipinski definition) is 1. The van der Waals surface area contributed by atoms with E-state index >= 15 is 0 Å². The average Bonchev–Trinajstić information content (AvgIpc) is 2.34. The maximum Gasteiger partial charge on any atom is 0.253 e. The van der Waals surface area contributed by atoms with Crippen molar-refractivity contribution in [2.24, 2.45) is 0 Å². The first-order chi connectivity index (χ1) is 8.93. The van der Waals surface area contributed by atoms with Crippen molar-refractivity contribution in [2.45, 2.75) is 6.92 Å². The second-order valence-corrected chi connectivity index (χ2v) is 5.01. The Bertz CT molecular complexity index is 437. The second kappa shape index (κ2) is 7.31. The molecule has 0 fully saturated rings. The molecule has 0 saturated heterocycles. The Morgan fingerprint density at radius 3 is 2.58 bits per heavy atom. The van der Waals surface area contributed by atoms with E-state index in [4.69, 9.17) is 11.6 Å². The molecular formula is C13H21ClN4O. The smallest absolute Gasteiger partial charge is 0.253 e. The van der Waals surface area contributed by atoms with Gasteiger partial charge >= 0.3 is 0 Å². The van der Waals surface area contributed by atoms with Crippen LogP contribution in [-0.2, 0) is 0 Å². The molecule has 0 aromatic carbocycles. The maximum absolute atomic E-state index is 12.3. The molecule has 19 heavy (non-hydrogen) atoms. The minimum Gasteiger partial charge on any atom is -0.370 e. The molecule has 5 nitrogen and oxygen atoms in total. The van der Waals surface area contributed by atoms with Crippen LogP contribution in [0.3, 0.4) is 0 Å².